The molecule has 1 aromatic carbocycles. The average molecular weight is 283 g/mol. The Balaban J connectivity index is 2.65. The summed E-state index contributed by atoms with van der Waals surface area (Å²) in [6.07, 6.45) is 0.884. The van der Waals surface area contributed by atoms with Crippen LogP contribution in [0.2, 0.25) is 0 Å². The van der Waals surface area contributed by atoms with Gasteiger partial charge >= 0.3 is 5.97 Å². The van der Waals surface area contributed by atoms with Crippen LogP contribution in [0.25, 0.3) is 0 Å². The van der Waals surface area contributed by atoms with Crippen LogP contribution >= 0.6 is 0 Å². The lowest BCUT2D eigenvalue weighted by Gasteiger charge is -2.18. The highest BCUT2D eigenvalue weighted by Crippen LogP contribution is 2.19. The Hall–Kier alpha value is -1.62. The minimum atomic E-state index is -0.588. The van der Waals surface area contributed by atoms with E-state index in [0.717, 1.165) is 6.42 Å². The second kappa shape index (κ2) is 8.53. The molecule has 0 aliphatic rings. The molecule has 1 atom stereocenters. The van der Waals surface area contributed by atoms with Gasteiger partial charge in [-0.1, -0.05) is 19.1 Å². The summed E-state index contributed by atoms with van der Waals surface area (Å²) in [6, 6.07) is 4.34. The molecular weight excluding hydrogens is 261 g/mol. The number of hydrogen-bond donors (Lipinski definition) is 1. The number of carbonyl (C=O) groups excluding carboxylic acids is 1. The van der Waals surface area contributed by atoms with Crippen molar-refractivity contribution >= 4 is 5.97 Å². The fourth-order valence-electron chi connectivity index (χ4n) is 1.68. The highest BCUT2D eigenvalue weighted by molar-refractivity contribution is 5.76. The van der Waals surface area contributed by atoms with E-state index in [1.165, 1.54) is 0 Å². The van der Waals surface area contributed by atoms with Crippen LogP contribution in [-0.4, -0.2) is 31.8 Å². The van der Waals surface area contributed by atoms with Crippen LogP contribution in [0.4, 0.5) is 4.39 Å². The van der Waals surface area contributed by atoms with Gasteiger partial charge in [-0.15, -0.1) is 0 Å². The van der Waals surface area contributed by atoms with Gasteiger partial charge in [0.1, 0.15) is 12.6 Å². The van der Waals surface area contributed by atoms with E-state index in [9.17, 15) is 9.18 Å². The lowest BCUT2D eigenvalue weighted by Crippen LogP contribution is -2.43. The molecule has 0 spiro atoms. The van der Waals surface area contributed by atoms with Crippen molar-refractivity contribution < 1.29 is 18.7 Å². The molecule has 20 heavy (non-hydrogen) atoms. The quantitative estimate of drug-likeness (QED) is 0.744. The largest absolute Gasteiger partial charge is 0.488 e. The minimum Gasteiger partial charge on any atom is -0.488 e. The lowest BCUT2D eigenvalue weighted by molar-refractivity contribution is -0.146. The van der Waals surface area contributed by atoms with E-state index in [-0.39, 0.29) is 18.3 Å². The summed E-state index contributed by atoms with van der Waals surface area (Å²) < 4.78 is 24.2. The summed E-state index contributed by atoms with van der Waals surface area (Å²) in [5, 5.41) is 3.04. The van der Waals surface area contributed by atoms with Gasteiger partial charge in [-0.3, -0.25) is 4.79 Å². The fraction of sp³-hybridized carbons (Fsp3) is 0.533. The molecule has 1 aromatic rings. The molecule has 0 radical (unpaired) electrons. The normalized spacial score (nSPS) is 12.0. The van der Waals surface area contributed by atoms with E-state index in [2.05, 4.69) is 5.32 Å². The van der Waals surface area contributed by atoms with Crippen molar-refractivity contribution in [2.75, 3.05) is 19.8 Å². The Bertz CT molecular complexity index is 437. The van der Waals surface area contributed by atoms with Gasteiger partial charge in [0, 0.05) is 0 Å². The number of benzene rings is 1. The Labute approximate surface area is 119 Å². The van der Waals surface area contributed by atoms with E-state index in [1.807, 2.05) is 6.92 Å². The third-order valence-corrected chi connectivity index (χ3v) is 2.77. The maximum absolute atomic E-state index is 13.8. The molecule has 0 fully saturated rings. The number of carbonyl (C=O) groups is 1. The van der Waals surface area contributed by atoms with E-state index in [4.69, 9.17) is 9.47 Å². The maximum Gasteiger partial charge on any atom is 0.326 e. The first-order valence-corrected chi connectivity index (χ1v) is 6.88. The van der Waals surface area contributed by atoms with Gasteiger partial charge < -0.3 is 14.8 Å². The summed E-state index contributed by atoms with van der Waals surface area (Å²) in [6.45, 7) is 6.43. The third kappa shape index (κ3) is 4.81. The Morgan fingerprint density at radius 3 is 2.80 bits per heavy atom. The zero-order chi connectivity index (χ0) is 15.0. The maximum atomic E-state index is 13.8. The van der Waals surface area contributed by atoms with E-state index in [0.29, 0.717) is 18.7 Å². The molecule has 4 nitrogen and oxygen atoms in total. The van der Waals surface area contributed by atoms with E-state index < -0.39 is 11.9 Å². The first kappa shape index (κ1) is 16.4. The predicted molar refractivity (Wildman–Crippen MR) is 75.3 cm³/mol. The number of halogens is 1. The number of hydrogen-bond acceptors (Lipinski definition) is 4. The smallest absolute Gasteiger partial charge is 0.326 e. The molecule has 1 unspecified atom stereocenters. The van der Waals surface area contributed by atoms with Crippen molar-refractivity contribution in [2.45, 2.75) is 33.2 Å². The second-order valence-corrected chi connectivity index (χ2v) is 4.46. The fourth-order valence-corrected chi connectivity index (χ4v) is 1.68. The van der Waals surface area contributed by atoms with Gasteiger partial charge in [0.05, 0.1) is 6.61 Å². The molecular formula is C15H22FNO3. The Morgan fingerprint density at radius 2 is 2.15 bits per heavy atom. The molecule has 5 heteroatoms. The van der Waals surface area contributed by atoms with Crippen molar-refractivity contribution in [2.24, 2.45) is 0 Å². The number of esters is 1. The molecule has 0 saturated heterocycles. The van der Waals surface area contributed by atoms with Crippen LogP contribution in [-0.2, 0) is 9.53 Å². The summed E-state index contributed by atoms with van der Waals surface area (Å²) >= 11 is 0. The Morgan fingerprint density at radius 1 is 1.40 bits per heavy atom. The summed E-state index contributed by atoms with van der Waals surface area (Å²) in [7, 11) is 0. The van der Waals surface area contributed by atoms with Gasteiger partial charge in [0.25, 0.3) is 0 Å². The van der Waals surface area contributed by atoms with Crippen LogP contribution < -0.4 is 10.1 Å². The predicted octanol–water partition coefficient (Wildman–Crippen LogP) is 2.44. The molecule has 112 valence electrons. The highest BCUT2D eigenvalue weighted by atomic mass is 19.1. The lowest BCUT2D eigenvalue weighted by atomic mass is 10.2. The van der Waals surface area contributed by atoms with Crippen molar-refractivity contribution in [3.63, 3.8) is 0 Å². The van der Waals surface area contributed by atoms with Crippen LogP contribution in [0, 0.1) is 12.7 Å². The topological polar surface area (TPSA) is 47.6 Å². The van der Waals surface area contributed by atoms with Crippen LogP contribution in [0.1, 0.15) is 25.8 Å². The Kier molecular flexibility index (Phi) is 7.01. The van der Waals surface area contributed by atoms with Gasteiger partial charge in [-0.05, 0) is 38.4 Å². The van der Waals surface area contributed by atoms with Gasteiger partial charge in [-0.25, -0.2) is 4.39 Å². The van der Waals surface area contributed by atoms with Crippen molar-refractivity contribution in [1.82, 2.24) is 5.32 Å². The highest BCUT2D eigenvalue weighted by Gasteiger charge is 2.20. The van der Waals surface area contributed by atoms with Crippen molar-refractivity contribution in [3.8, 4) is 5.75 Å². The third-order valence-electron chi connectivity index (χ3n) is 2.77. The van der Waals surface area contributed by atoms with E-state index >= 15 is 0 Å². The molecule has 0 saturated carbocycles. The summed E-state index contributed by atoms with van der Waals surface area (Å²) in [5.41, 5.74) is 0.511. The first-order valence-electron chi connectivity index (χ1n) is 6.88. The van der Waals surface area contributed by atoms with E-state index in [1.54, 1.807) is 32.0 Å². The summed E-state index contributed by atoms with van der Waals surface area (Å²) in [4.78, 5) is 11.8. The molecule has 0 aliphatic carbocycles. The zero-order valence-electron chi connectivity index (χ0n) is 12.2. The van der Waals surface area contributed by atoms with Crippen molar-refractivity contribution in [1.29, 1.82) is 0 Å². The zero-order valence-corrected chi connectivity index (χ0v) is 12.2. The number of nitrogens with one attached hydrogen (secondary N) is 1. The number of aryl methyl sites for hydroxylation is 1. The molecule has 0 aromatic heterocycles. The second-order valence-electron chi connectivity index (χ2n) is 4.46. The van der Waals surface area contributed by atoms with Gasteiger partial charge in [0.15, 0.2) is 11.6 Å². The standard InChI is InChI=1S/C15H22FNO3/c1-4-9-17-12(15(18)19-5-2)10-20-13-8-6-7-11(3)14(13)16/h6-8,12,17H,4-5,9-10H2,1-3H3. The summed E-state index contributed by atoms with van der Waals surface area (Å²) in [5.74, 6) is -0.628. The monoisotopic (exact) mass is 283 g/mol. The molecule has 0 amide bonds. The van der Waals surface area contributed by atoms with Gasteiger partial charge in [0.2, 0.25) is 0 Å². The number of rotatable bonds is 8. The number of ether oxygens (including phenoxy) is 2. The van der Waals surface area contributed by atoms with Gasteiger partial charge in [-0.2, -0.15) is 0 Å². The minimum absolute atomic E-state index is 0.0409. The molecule has 1 rings (SSSR count). The molecule has 1 N–H and O–H groups in total. The van der Waals surface area contributed by atoms with Crippen LogP contribution in [0.15, 0.2) is 18.2 Å². The first-order chi connectivity index (χ1) is 9.60. The van der Waals surface area contributed by atoms with Crippen LogP contribution in [0.3, 0.4) is 0 Å². The average Bonchev–Trinajstić information content (AvgIpc) is 2.43. The molecule has 0 heterocycles. The van der Waals surface area contributed by atoms with Crippen LogP contribution in [0.5, 0.6) is 5.75 Å². The van der Waals surface area contributed by atoms with Crippen molar-refractivity contribution in [3.05, 3.63) is 29.6 Å². The SMILES string of the molecule is CCCNC(COc1cccc(C)c1F)C(=O)OCC. The molecule has 0 aliphatic heterocycles. The molecule has 0 bridgehead atoms.